The van der Waals surface area contributed by atoms with E-state index in [-0.39, 0.29) is 11.3 Å². The van der Waals surface area contributed by atoms with E-state index in [1.54, 1.807) is 10.9 Å². The third kappa shape index (κ3) is 4.52. The molecule has 0 fully saturated rings. The van der Waals surface area contributed by atoms with Crippen LogP contribution in [0.15, 0.2) is 60.7 Å². The Morgan fingerprint density at radius 3 is 2.33 bits per heavy atom. The number of amides is 1. The predicted molar refractivity (Wildman–Crippen MR) is 128 cm³/mol. The number of nitro benzene ring substituents is 1. The molecule has 0 aliphatic heterocycles. The molecule has 33 heavy (non-hydrogen) atoms. The van der Waals surface area contributed by atoms with Crippen LogP contribution in [0, 0.1) is 17.0 Å². The van der Waals surface area contributed by atoms with Gasteiger partial charge < -0.3 is 10.2 Å². The predicted octanol–water partition coefficient (Wildman–Crippen LogP) is 4.74. The van der Waals surface area contributed by atoms with Gasteiger partial charge in [0.25, 0.3) is 11.6 Å². The molecule has 0 aliphatic rings. The summed E-state index contributed by atoms with van der Waals surface area (Å²) in [6, 6.07) is 17.3. The fraction of sp³-hybridized carbons (Fsp3) is 0.208. The number of carbonyl (C=O) groups is 1. The highest BCUT2D eigenvalue weighted by atomic mass is 16.6. The number of nitrogens with zero attached hydrogens (tertiary/aromatic N) is 5. The van der Waals surface area contributed by atoms with Gasteiger partial charge in [-0.05, 0) is 68.8 Å². The van der Waals surface area contributed by atoms with Gasteiger partial charge in [0.1, 0.15) is 11.0 Å². The standard InChI is InChI=1S/C24H24N6O3/c1-4-28(5-2)18-9-11-19(12-10-18)29-26-22-13-16(3)21(15-23(22)27-29)25-24(31)17-7-6-8-20(14-17)30(32)33/h6-15H,4-5H2,1-3H3,(H,25,31). The van der Waals surface area contributed by atoms with Crippen molar-refractivity contribution >= 4 is 34.0 Å². The van der Waals surface area contributed by atoms with Crippen molar-refractivity contribution in [3.05, 3.63) is 81.9 Å². The quantitative estimate of drug-likeness (QED) is 0.326. The molecule has 168 valence electrons. The van der Waals surface area contributed by atoms with Crippen LogP contribution in [0.2, 0.25) is 0 Å². The van der Waals surface area contributed by atoms with Crippen LogP contribution in [0.4, 0.5) is 17.1 Å². The van der Waals surface area contributed by atoms with Crippen LogP contribution in [0.25, 0.3) is 16.7 Å². The summed E-state index contributed by atoms with van der Waals surface area (Å²) < 4.78 is 0. The van der Waals surface area contributed by atoms with Crippen LogP contribution in [0.1, 0.15) is 29.8 Å². The molecule has 0 radical (unpaired) electrons. The maximum atomic E-state index is 12.7. The lowest BCUT2D eigenvalue weighted by molar-refractivity contribution is -0.384. The van der Waals surface area contributed by atoms with Gasteiger partial charge in [-0.2, -0.15) is 4.80 Å². The van der Waals surface area contributed by atoms with Crippen LogP contribution in [0.5, 0.6) is 0 Å². The van der Waals surface area contributed by atoms with Gasteiger partial charge in [0.2, 0.25) is 0 Å². The molecule has 0 saturated carbocycles. The summed E-state index contributed by atoms with van der Waals surface area (Å²) >= 11 is 0. The number of anilines is 2. The molecular weight excluding hydrogens is 420 g/mol. The van der Waals surface area contributed by atoms with Crippen molar-refractivity contribution in [2.45, 2.75) is 20.8 Å². The number of hydrogen-bond donors (Lipinski definition) is 1. The number of fused-ring (bicyclic) bond motifs is 1. The minimum Gasteiger partial charge on any atom is -0.372 e. The van der Waals surface area contributed by atoms with Crippen LogP contribution >= 0.6 is 0 Å². The Hall–Kier alpha value is -4.27. The maximum absolute atomic E-state index is 12.7. The fourth-order valence-electron chi connectivity index (χ4n) is 3.66. The van der Waals surface area contributed by atoms with Gasteiger partial charge in [0, 0.05) is 42.2 Å². The van der Waals surface area contributed by atoms with Gasteiger partial charge in [-0.25, -0.2) is 0 Å². The second kappa shape index (κ2) is 9.07. The maximum Gasteiger partial charge on any atom is 0.270 e. The Labute approximate surface area is 190 Å². The summed E-state index contributed by atoms with van der Waals surface area (Å²) in [5.41, 5.74) is 4.76. The third-order valence-electron chi connectivity index (χ3n) is 5.50. The van der Waals surface area contributed by atoms with Crippen molar-refractivity contribution in [3.8, 4) is 5.69 Å². The van der Waals surface area contributed by atoms with Crippen molar-refractivity contribution in [1.82, 2.24) is 15.0 Å². The average Bonchev–Trinajstić information content (AvgIpc) is 3.23. The molecule has 1 aromatic heterocycles. The number of aryl methyl sites for hydroxylation is 1. The number of hydrogen-bond acceptors (Lipinski definition) is 6. The first-order valence-corrected chi connectivity index (χ1v) is 10.7. The summed E-state index contributed by atoms with van der Waals surface area (Å²) in [4.78, 5) is 27.0. The second-order valence-electron chi connectivity index (χ2n) is 7.60. The van der Waals surface area contributed by atoms with Crippen molar-refractivity contribution in [2.75, 3.05) is 23.3 Å². The van der Waals surface area contributed by atoms with E-state index in [2.05, 4.69) is 34.3 Å². The van der Waals surface area contributed by atoms with Gasteiger partial charge in [-0.1, -0.05) is 6.07 Å². The van der Waals surface area contributed by atoms with Crippen molar-refractivity contribution in [3.63, 3.8) is 0 Å². The number of nitrogens with one attached hydrogen (secondary N) is 1. The van der Waals surface area contributed by atoms with E-state index < -0.39 is 10.8 Å². The number of rotatable bonds is 7. The first kappa shape index (κ1) is 21.9. The number of carbonyl (C=O) groups excluding carboxylic acids is 1. The molecule has 1 amide bonds. The van der Waals surface area contributed by atoms with Crippen molar-refractivity contribution < 1.29 is 9.72 Å². The highest BCUT2D eigenvalue weighted by Gasteiger charge is 2.14. The Morgan fingerprint density at radius 2 is 1.70 bits per heavy atom. The molecule has 0 unspecified atom stereocenters. The molecule has 3 aromatic carbocycles. The van der Waals surface area contributed by atoms with Crippen molar-refractivity contribution in [1.29, 1.82) is 0 Å². The fourth-order valence-corrected chi connectivity index (χ4v) is 3.66. The summed E-state index contributed by atoms with van der Waals surface area (Å²) in [6.07, 6.45) is 0. The molecule has 9 heteroatoms. The van der Waals surface area contributed by atoms with Crippen molar-refractivity contribution in [2.24, 2.45) is 0 Å². The molecule has 0 aliphatic carbocycles. The first-order chi connectivity index (χ1) is 15.9. The Kier molecular flexibility index (Phi) is 6.03. The SMILES string of the molecule is CCN(CC)c1ccc(-n2nc3cc(C)c(NC(=O)c4cccc([N+](=O)[O-])c4)cc3n2)cc1. The van der Waals surface area contributed by atoms with E-state index in [9.17, 15) is 14.9 Å². The topological polar surface area (TPSA) is 106 Å². The second-order valence-corrected chi connectivity index (χ2v) is 7.60. The monoisotopic (exact) mass is 444 g/mol. The molecule has 4 aromatic rings. The van der Waals surface area contributed by atoms with E-state index in [4.69, 9.17) is 0 Å². The molecule has 9 nitrogen and oxygen atoms in total. The Morgan fingerprint density at radius 1 is 1.03 bits per heavy atom. The van der Waals surface area contributed by atoms with Crippen LogP contribution in [-0.4, -0.2) is 38.9 Å². The molecular formula is C24H24N6O3. The molecule has 0 saturated heterocycles. The van der Waals surface area contributed by atoms with Crippen LogP contribution in [0.3, 0.4) is 0 Å². The smallest absolute Gasteiger partial charge is 0.270 e. The zero-order valence-electron chi connectivity index (χ0n) is 18.6. The van der Waals surface area contributed by atoms with Crippen LogP contribution in [-0.2, 0) is 0 Å². The van der Waals surface area contributed by atoms with Gasteiger partial charge >= 0.3 is 0 Å². The highest BCUT2D eigenvalue weighted by Crippen LogP contribution is 2.24. The third-order valence-corrected chi connectivity index (χ3v) is 5.50. The lowest BCUT2D eigenvalue weighted by Crippen LogP contribution is -2.21. The van der Waals surface area contributed by atoms with Gasteiger partial charge in [0.05, 0.1) is 10.6 Å². The van der Waals surface area contributed by atoms with E-state index in [0.29, 0.717) is 16.7 Å². The Bertz CT molecular complexity index is 1330. The zero-order valence-corrected chi connectivity index (χ0v) is 18.6. The normalized spacial score (nSPS) is 10.9. The van der Waals surface area contributed by atoms with Gasteiger partial charge in [-0.3, -0.25) is 14.9 Å². The summed E-state index contributed by atoms with van der Waals surface area (Å²) in [6.45, 7) is 7.97. The minimum absolute atomic E-state index is 0.134. The first-order valence-electron chi connectivity index (χ1n) is 10.7. The van der Waals surface area contributed by atoms with Gasteiger partial charge in [-0.15, -0.1) is 10.2 Å². The minimum atomic E-state index is -0.527. The summed E-state index contributed by atoms with van der Waals surface area (Å²) in [5.74, 6) is -0.430. The molecule has 1 heterocycles. The van der Waals surface area contributed by atoms with Crippen LogP contribution < -0.4 is 10.2 Å². The molecule has 0 spiro atoms. The number of aromatic nitrogens is 3. The van der Waals surface area contributed by atoms with E-state index in [1.807, 2.05) is 37.3 Å². The number of benzene rings is 3. The van der Waals surface area contributed by atoms with Gasteiger partial charge in [0.15, 0.2) is 0 Å². The Balaban J connectivity index is 1.60. The molecule has 1 N–H and O–H groups in total. The average molecular weight is 444 g/mol. The number of non-ortho nitro benzene ring substituents is 1. The van der Waals surface area contributed by atoms with E-state index in [0.717, 1.165) is 30.0 Å². The van der Waals surface area contributed by atoms with E-state index in [1.165, 1.54) is 24.3 Å². The highest BCUT2D eigenvalue weighted by molar-refractivity contribution is 6.05. The molecule has 4 rings (SSSR count). The lowest BCUT2D eigenvalue weighted by Gasteiger charge is -2.20. The summed E-state index contributed by atoms with van der Waals surface area (Å²) in [5, 5.41) is 23.0. The number of nitro groups is 1. The summed E-state index contributed by atoms with van der Waals surface area (Å²) in [7, 11) is 0. The molecule has 0 bridgehead atoms. The lowest BCUT2D eigenvalue weighted by atomic mass is 10.1. The van der Waals surface area contributed by atoms with E-state index >= 15 is 0 Å². The molecule has 0 atom stereocenters. The largest absolute Gasteiger partial charge is 0.372 e. The zero-order chi connectivity index (χ0) is 23.5.